The summed E-state index contributed by atoms with van der Waals surface area (Å²) < 4.78 is 12.6. The van der Waals surface area contributed by atoms with Gasteiger partial charge in [-0.1, -0.05) is 0 Å². The lowest BCUT2D eigenvalue weighted by Crippen LogP contribution is -2.71. The molecule has 0 aromatic carbocycles. The van der Waals surface area contributed by atoms with Crippen molar-refractivity contribution in [2.24, 2.45) is 0 Å². The molecule has 0 amide bonds. The summed E-state index contributed by atoms with van der Waals surface area (Å²) in [6.07, 6.45) is -5.48. The standard InChI is InChI=1S/C12H18O12/c1-5(14)22-10(19)9(18)12(21,24-7(3)16)11(20,8(17)4-13)23-6(2)15/h9-10,13,18-21H,4H2,1-3H3/t9-,10?,11+,12-/m1/s1. The van der Waals surface area contributed by atoms with Crippen molar-refractivity contribution in [3.63, 3.8) is 0 Å². The van der Waals surface area contributed by atoms with Gasteiger partial charge in [-0.05, 0) is 0 Å². The third-order valence-corrected chi connectivity index (χ3v) is 2.56. The predicted octanol–water partition coefficient (Wildman–Crippen LogP) is -3.71. The van der Waals surface area contributed by atoms with E-state index in [1.807, 2.05) is 0 Å². The molecule has 4 atom stereocenters. The Morgan fingerprint density at radius 2 is 1.38 bits per heavy atom. The SMILES string of the molecule is CC(=O)OC(O)[C@@H](O)[C@@](O)(OC(C)=O)[C@@](O)(OC(C)=O)C(=O)CO. The highest BCUT2D eigenvalue weighted by molar-refractivity contribution is 5.90. The lowest BCUT2D eigenvalue weighted by molar-refractivity contribution is -0.386. The second kappa shape index (κ2) is 8.12. The fourth-order valence-electron chi connectivity index (χ4n) is 1.62. The van der Waals surface area contributed by atoms with E-state index in [9.17, 15) is 39.6 Å². The normalized spacial score (nSPS) is 18.3. The van der Waals surface area contributed by atoms with Crippen LogP contribution in [0.15, 0.2) is 0 Å². The van der Waals surface area contributed by atoms with Crippen molar-refractivity contribution >= 4 is 23.7 Å². The molecule has 5 N–H and O–H groups in total. The first-order valence-corrected chi connectivity index (χ1v) is 6.33. The molecule has 0 saturated heterocycles. The quantitative estimate of drug-likeness (QED) is 0.163. The zero-order valence-electron chi connectivity index (χ0n) is 13.0. The van der Waals surface area contributed by atoms with Crippen LogP contribution in [0.4, 0.5) is 0 Å². The van der Waals surface area contributed by atoms with Gasteiger partial charge in [-0.2, -0.15) is 0 Å². The van der Waals surface area contributed by atoms with Gasteiger partial charge < -0.3 is 39.7 Å². The van der Waals surface area contributed by atoms with Gasteiger partial charge in [-0.15, -0.1) is 0 Å². The van der Waals surface area contributed by atoms with Crippen LogP contribution in [0, 0.1) is 0 Å². The van der Waals surface area contributed by atoms with E-state index in [1.54, 1.807) is 0 Å². The molecule has 12 heteroatoms. The number of carbonyl (C=O) groups is 4. The topological polar surface area (TPSA) is 197 Å². The maximum atomic E-state index is 11.7. The minimum Gasteiger partial charge on any atom is -0.433 e. The summed E-state index contributed by atoms with van der Waals surface area (Å²) >= 11 is 0. The van der Waals surface area contributed by atoms with Crippen molar-refractivity contribution < 1.29 is 58.9 Å². The van der Waals surface area contributed by atoms with Gasteiger partial charge in [0.15, 0.2) is 6.10 Å². The fourth-order valence-corrected chi connectivity index (χ4v) is 1.62. The predicted molar refractivity (Wildman–Crippen MR) is 69.3 cm³/mol. The van der Waals surface area contributed by atoms with Crippen LogP contribution >= 0.6 is 0 Å². The van der Waals surface area contributed by atoms with Crippen molar-refractivity contribution in [2.45, 2.75) is 44.7 Å². The number of hydrogen-bond acceptors (Lipinski definition) is 12. The molecule has 0 spiro atoms. The molecule has 0 aromatic heterocycles. The summed E-state index contributed by atoms with van der Waals surface area (Å²) in [5.74, 6) is -13.4. The zero-order chi connectivity index (χ0) is 19.3. The summed E-state index contributed by atoms with van der Waals surface area (Å²) in [7, 11) is 0. The van der Waals surface area contributed by atoms with Crippen molar-refractivity contribution in [3.05, 3.63) is 0 Å². The smallest absolute Gasteiger partial charge is 0.342 e. The number of Topliss-reactive ketones (excluding diaryl/α,β-unsaturated/α-hetero) is 1. The average molecular weight is 354 g/mol. The third kappa shape index (κ3) is 4.69. The van der Waals surface area contributed by atoms with E-state index in [0.717, 1.165) is 6.92 Å². The Kier molecular flexibility index (Phi) is 7.40. The van der Waals surface area contributed by atoms with Crippen LogP contribution in [0.25, 0.3) is 0 Å². The van der Waals surface area contributed by atoms with E-state index in [-0.39, 0.29) is 0 Å². The van der Waals surface area contributed by atoms with Crippen molar-refractivity contribution in [1.82, 2.24) is 0 Å². The first-order valence-electron chi connectivity index (χ1n) is 6.33. The summed E-state index contributed by atoms with van der Waals surface area (Å²) in [4.78, 5) is 44.7. The van der Waals surface area contributed by atoms with Crippen molar-refractivity contribution in [1.29, 1.82) is 0 Å². The molecule has 138 valence electrons. The molecule has 0 aromatic rings. The monoisotopic (exact) mass is 354 g/mol. The molecule has 0 fully saturated rings. The van der Waals surface area contributed by atoms with Gasteiger partial charge in [0, 0.05) is 20.8 Å². The van der Waals surface area contributed by atoms with Crippen LogP contribution in [0.5, 0.6) is 0 Å². The third-order valence-electron chi connectivity index (χ3n) is 2.56. The van der Waals surface area contributed by atoms with E-state index in [2.05, 4.69) is 14.2 Å². The highest BCUT2D eigenvalue weighted by atomic mass is 16.8. The Labute approximate surface area is 135 Å². The molecule has 0 radical (unpaired) electrons. The van der Waals surface area contributed by atoms with Gasteiger partial charge >= 0.3 is 29.5 Å². The first-order chi connectivity index (χ1) is 10.8. The van der Waals surface area contributed by atoms with Gasteiger partial charge in [0.1, 0.15) is 6.61 Å². The summed E-state index contributed by atoms with van der Waals surface area (Å²) in [5.41, 5.74) is 0. The van der Waals surface area contributed by atoms with Crippen LogP contribution in [0.1, 0.15) is 20.8 Å². The number of ketones is 1. The Bertz CT molecular complexity index is 516. The van der Waals surface area contributed by atoms with E-state index < -0.39 is 54.3 Å². The number of aliphatic hydroxyl groups excluding tert-OH is 3. The summed E-state index contributed by atoms with van der Waals surface area (Å²) in [5, 5.41) is 48.8. The van der Waals surface area contributed by atoms with Gasteiger partial charge in [-0.25, -0.2) is 0 Å². The minimum absolute atomic E-state index is 0.674. The number of carbonyl (C=O) groups excluding carboxylic acids is 4. The Morgan fingerprint density at radius 1 is 0.917 bits per heavy atom. The molecule has 0 saturated carbocycles. The second-order valence-corrected chi connectivity index (χ2v) is 4.55. The van der Waals surface area contributed by atoms with Crippen LogP contribution in [0.3, 0.4) is 0 Å². The van der Waals surface area contributed by atoms with Crippen LogP contribution in [0.2, 0.25) is 0 Å². The molecular weight excluding hydrogens is 336 g/mol. The van der Waals surface area contributed by atoms with E-state index >= 15 is 0 Å². The molecule has 1 unspecified atom stereocenters. The molecular formula is C12H18O12. The van der Waals surface area contributed by atoms with Crippen LogP contribution in [-0.4, -0.2) is 79.8 Å². The Balaban J connectivity index is 6.15. The highest BCUT2D eigenvalue weighted by Crippen LogP contribution is 2.32. The van der Waals surface area contributed by atoms with Crippen LogP contribution < -0.4 is 0 Å². The highest BCUT2D eigenvalue weighted by Gasteiger charge is 2.67. The molecule has 12 nitrogen and oxygen atoms in total. The average Bonchev–Trinajstić information content (AvgIpc) is 2.42. The molecule has 0 rings (SSSR count). The number of esters is 3. The van der Waals surface area contributed by atoms with Gasteiger partial charge in [-0.3, -0.25) is 19.2 Å². The van der Waals surface area contributed by atoms with Crippen LogP contribution in [-0.2, 0) is 33.4 Å². The maximum absolute atomic E-state index is 11.7. The number of aliphatic hydroxyl groups is 5. The lowest BCUT2D eigenvalue weighted by atomic mass is 9.94. The Morgan fingerprint density at radius 3 is 1.71 bits per heavy atom. The largest absolute Gasteiger partial charge is 0.433 e. The Hall–Kier alpha value is -2.12. The molecule has 0 heterocycles. The zero-order valence-corrected chi connectivity index (χ0v) is 13.0. The van der Waals surface area contributed by atoms with Crippen molar-refractivity contribution in [3.8, 4) is 0 Å². The molecule has 0 aliphatic carbocycles. The summed E-state index contributed by atoms with van der Waals surface area (Å²) in [6, 6.07) is 0. The van der Waals surface area contributed by atoms with E-state index in [4.69, 9.17) is 5.11 Å². The lowest BCUT2D eigenvalue weighted by Gasteiger charge is -2.42. The van der Waals surface area contributed by atoms with Gasteiger partial charge in [0.25, 0.3) is 0 Å². The first kappa shape index (κ1) is 21.9. The van der Waals surface area contributed by atoms with E-state index in [0.29, 0.717) is 13.8 Å². The van der Waals surface area contributed by atoms with Crippen molar-refractivity contribution in [2.75, 3.05) is 6.61 Å². The number of hydrogen-bond donors (Lipinski definition) is 5. The number of ether oxygens (including phenoxy) is 3. The number of rotatable bonds is 8. The molecule has 0 aliphatic rings. The molecule has 0 bridgehead atoms. The molecule has 0 aliphatic heterocycles. The fraction of sp³-hybridized carbons (Fsp3) is 0.667. The summed E-state index contributed by atoms with van der Waals surface area (Å²) in [6.45, 7) is 0.633. The maximum Gasteiger partial charge on any atom is 0.342 e. The minimum atomic E-state index is -3.82. The second-order valence-electron chi connectivity index (χ2n) is 4.55. The van der Waals surface area contributed by atoms with Gasteiger partial charge in [0.05, 0.1) is 0 Å². The van der Waals surface area contributed by atoms with E-state index in [1.165, 1.54) is 0 Å². The van der Waals surface area contributed by atoms with Gasteiger partial charge in [0.2, 0.25) is 12.1 Å². The molecule has 24 heavy (non-hydrogen) atoms.